The lowest BCUT2D eigenvalue weighted by Crippen LogP contribution is -2.35. The Bertz CT molecular complexity index is 1290. The van der Waals surface area contributed by atoms with E-state index in [2.05, 4.69) is 16.4 Å². The van der Waals surface area contributed by atoms with E-state index in [9.17, 15) is 9.59 Å². The van der Waals surface area contributed by atoms with E-state index in [0.29, 0.717) is 27.9 Å². The molecule has 3 aromatic rings. The molecule has 1 saturated carbocycles. The van der Waals surface area contributed by atoms with Crippen LogP contribution in [0.15, 0.2) is 35.7 Å². The average molecular weight is 522 g/mol. The number of methoxy groups -OCH3 is 3. The number of hydrogen-bond donors (Lipinski definition) is 1. The SMILES string of the molecule is COc1cc(C(=O)Nc2nc(-c3ccc4c(c3)CCN4C(=O)C3CCCCC3)cs2)cc(OC)c1OC. The number of carbonyl (C=O) groups is 2. The smallest absolute Gasteiger partial charge is 0.257 e. The summed E-state index contributed by atoms with van der Waals surface area (Å²) in [6.07, 6.45) is 6.40. The van der Waals surface area contributed by atoms with Gasteiger partial charge in [0.2, 0.25) is 11.7 Å². The second-order valence-corrected chi connectivity index (χ2v) is 10.2. The van der Waals surface area contributed by atoms with Crippen molar-refractivity contribution < 1.29 is 23.8 Å². The average Bonchev–Trinajstić information content (AvgIpc) is 3.59. The maximum Gasteiger partial charge on any atom is 0.257 e. The van der Waals surface area contributed by atoms with Gasteiger partial charge in [0.25, 0.3) is 5.91 Å². The van der Waals surface area contributed by atoms with E-state index in [1.165, 1.54) is 39.1 Å². The van der Waals surface area contributed by atoms with Crippen LogP contribution in [0.5, 0.6) is 17.2 Å². The molecule has 2 amide bonds. The number of anilines is 2. The Kier molecular flexibility index (Phi) is 7.32. The minimum Gasteiger partial charge on any atom is -0.493 e. The number of nitrogens with one attached hydrogen (secondary N) is 1. The van der Waals surface area contributed by atoms with Gasteiger partial charge in [0.1, 0.15) is 0 Å². The van der Waals surface area contributed by atoms with Crippen molar-refractivity contribution in [1.82, 2.24) is 4.98 Å². The molecule has 5 rings (SSSR count). The predicted octanol–water partition coefficient (Wildman–Crippen LogP) is 5.56. The largest absolute Gasteiger partial charge is 0.493 e. The van der Waals surface area contributed by atoms with Crippen molar-refractivity contribution in [2.75, 3.05) is 38.1 Å². The third-order valence-electron chi connectivity index (χ3n) is 7.14. The van der Waals surface area contributed by atoms with Crippen molar-refractivity contribution in [1.29, 1.82) is 0 Å². The van der Waals surface area contributed by atoms with Gasteiger partial charge < -0.3 is 19.1 Å². The molecule has 0 saturated heterocycles. The third-order valence-corrected chi connectivity index (χ3v) is 7.90. The summed E-state index contributed by atoms with van der Waals surface area (Å²) >= 11 is 1.36. The zero-order valence-electron chi connectivity index (χ0n) is 21.3. The molecule has 0 atom stereocenters. The van der Waals surface area contributed by atoms with E-state index in [-0.39, 0.29) is 17.7 Å². The van der Waals surface area contributed by atoms with Gasteiger partial charge in [-0.1, -0.05) is 25.3 Å². The molecule has 2 aromatic carbocycles. The van der Waals surface area contributed by atoms with E-state index >= 15 is 0 Å². The molecule has 0 radical (unpaired) electrons. The van der Waals surface area contributed by atoms with Crippen LogP contribution < -0.4 is 24.4 Å². The number of ether oxygens (including phenoxy) is 3. The molecule has 194 valence electrons. The summed E-state index contributed by atoms with van der Waals surface area (Å²) in [5.74, 6) is 1.34. The van der Waals surface area contributed by atoms with E-state index in [1.54, 1.807) is 12.1 Å². The van der Waals surface area contributed by atoms with Crippen LogP contribution in [0.1, 0.15) is 48.0 Å². The third kappa shape index (κ3) is 5.00. The molecule has 0 spiro atoms. The Labute approximate surface area is 220 Å². The molecule has 37 heavy (non-hydrogen) atoms. The lowest BCUT2D eigenvalue weighted by molar-refractivity contribution is -0.123. The molecule has 8 nitrogen and oxygen atoms in total. The highest BCUT2D eigenvalue weighted by Crippen LogP contribution is 2.39. The number of carbonyl (C=O) groups excluding carboxylic acids is 2. The van der Waals surface area contributed by atoms with Gasteiger partial charge in [-0.25, -0.2) is 4.98 Å². The fraction of sp³-hybridized carbons (Fsp3) is 0.393. The van der Waals surface area contributed by atoms with Gasteiger partial charge in [0, 0.05) is 34.7 Å². The van der Waals surface area contributed by atoms with Gasteiger partial charge in [-0.05, 0) is 49.1 Å². The number of benzene rings is 2. The maximum atomic E-state index is 13.1. The minimum absolute atomic E-state index is 0.162. The van der Waals surface area contributed by atoms with E-state index in [4.69, 9.17) is 14.2 Å². The molecule has 1 aliphatic heterocycles. The lowest BCUT2D eigenvalue weighted by Gasteiger charge is -2.26. The van der Waals surface area contributed by atoms with Crippen LogP contribution >= 0.6 is 11.3 Å². The molecule has 1 fully saturated rings. The normalized spacial score (nSPS) is 15.3. The van der Waals surface area contributed by atoms with Crippen LogP contribution in [0, 0.1) is 5.92 Å². The Morgan fingerprint density at radius 1 is 1.00 bits per heavy atom. The van der Waals surface area contributed by atoms with Crippen LogP contribution in [0.2, 0.25) is 0 Å². The summed E-state index contributed by atoms with van der Waals surface area (Å²) in [4.78, 5) is 32.7. The number of nitrogens with zero attached hydrogens (tertiary/aromatic N) is 2. The van der Waals surface area contributed by atoms with Crippen molar-refractivity contribution in [2.24, 2.45) is 5.92 Å². The van der Waals surface area contributed by atoms with Crippen molar-refractivity contribution >= 4 is 34.0 Å². The van der Waals surface area contributed by atoms with Crippen LogP contribution in [0.4, 0.5) is 10.8 Å². The second-order valence-electron chi connectivity index (χ2n) is 9.32. The number of amides is 2. The number of fused-ring (bicyclic) bond motifs is 1. The maximum absolute atomic E-state index is 13.1. The summed E-state index contributed by atoms with van der Waals surface area (Å²) in [7, 11) is 4.53. The van der Waals surface area contributed by atoms with Gasteiger partial charge in [0.05, 0.1) is 27.0 Å². The highest BCUT2D eigenvalue weighted by atomic mass is 32.1. The quantitative estimate of drug-likeness (QED) is 0.438. The molecule has 1 aromatic heterocycles. The molecule has 1 aliphatic carbocycles. The highest BCUT2D eigenvalue weighted by molar-refractivity contribution is 7.14. The Morgan fingerprint density at radius 3 is 2.41 bits per heavy atom. The summed E-state index contributed by atoms with van der Waals surface area (Å²) in [6.45, 7) is 0.737. The van der Waals surface area contributed by atoms with Gasteiger partial charge >= 0.3 is 0 Å². The summed E-state index contributed by atoms with van der Waals surface area (Å²) in [6, 6.07) is 9.36. The van der Waals surface area contributed by atoms with Crippen LogP contribution in [-0.2, 0) is 11.2 Å². The van der Waals surface area contributed by atoms with Crippen molar-refractivity contribution in [2.45, 2.75) is 38.5 Å². The molecule has 2 heterocycles. The molecule has 0 bridgehead atoms. The van der Waals surface area contributed by atoms with Gasteiger partial charge in [-0.2, -0.15) is 0 Å². The predicted molar refractivity (Wildman–Crippen MR) is 144 cm³/mol. The Hall–Kier alpha value is -3.59. The fourth-order valence-corrected chi connectivity index (χ4v) is 5.92. The van der Waals surface area contributed by atoms with Crippen molar-refractivity contribution in [3.05, 3.63) is 46.8 Å². The monoisotopic (exact) mass is 521 g/mol. The number of thiazole rings is 1. The standard InChI is InChI=1S/C28H31N3O5S/c1-34-23-14-20(15-24(35-2)25(23)36-3)26(32)30-28-29-21(16-37-28)18-9-10-22-19(13-18)11-12-31(22)27(33)17-7-5-4-6-8-17/h9-10,13-17H,4-8,11-12H2,1-3H3,(H,29,30,32). The van der Waals surface area contributed by atoms with Gasteiger partial charge in [-0.3, -0.25) is 14.9 Å². The Balaban J connectivity index is 1.30. The van der Waals surface area contributed by atoms with Crippen molar-refractivity contribution in [3.8, 4) is 28.5 Å². The van der Waals surface area contributed by atoms with Gasteiger partial charge in [0.15, 0.2) is 16.6 Å². The van der Waals surface area contributed by atoms with E-state index in [0.717, 1.165) is 61.2 Å². The van der Waals surface area contributed by atoms with Crippen molar-refractivity contribution in [3.63, 3.8) is 0 Å². The second kappa shape index (κ2) is 10.8. The van der Waals surface area contributed by atoms with E-state index in [1.807, 2.05) is 22.4 Å². The summed E-state index contributed by atoms with van der Waals surface area (Å²) < 4.78 is 16.0. The molecular formula is C28H31N3O5S. The minimum atomic E-state index is -0.328. The first-order valence-electron chi connectivity index (χ1n) is 12.5. The van der Waals surface area contributed by atoms with Crippen LogP contribution in [0.3, 0.4) is 0 Å². The summed E-state index contributed by atoms with van der Waals surface area (Å²) in [5.41, 5.74) is 4.30. The number of aromatic nitrogens is 1. The summed E-state index contributed by atoms with van der Waals surface area (Å²) in [5, 5.41) is 5.28. The lowest BCUT2D eigenvalue weighted by atomic mass is 9.88. The fourth-order valence-electron chi connectivity index (χ4n) is 5.21. The van der Waals surface area contributed by atoms with E-state index < -0.39 is 0 Å². The zero-order valence-corrected chi connectivity index (χ0v) is 22.2. The molecule has 9 heteroatoms. The highest BCUT2D eigenvalue weighted by Gasteiger charge is 2.31. The first-order valence-corrected chi connectivity index (χ1v) is 13.4. The van der Waals surface area contributed by atoms with Crippen LogP contribution in [-0.4, -0.2) is 44.7 Å². The number of hydrogen-bond acceptors (Lipinski definition) is 7. The molecule has 2 aliphatic rings. The van der Waals surface area contributed by atoms with Crippen LogP contribution in [0.25, 0.3) is 11.3 Å². The zero-order chi connectivity index (χ0) is 25.9. The first kappa shape index (κ1) is 25.1. The number of rotatable bonds is 7. The molecular weight excluding hydrogens is 490 g/mol. The first-order chi connectivity index (χ1) is 18.0. The Morgan fingerprint density at radius 2 is 1.73 bits per heavy atom. The molecule has 1 N–H and O–H groups in total. The van der Waals surface area contributed by atoms with Gasteiger partial charge in [-0.15, -0.1) is 11.3 Å². The molecule has 0 unspecified atom stereocenters. The topological polar surface area (TPSA) is 90.0 Å².